The lowest BCUT2D eigenvalue weighted by Gasteiger charge is -2.39. The fourth-order valence-corrected chi connectivity index (χ4v) is 5.95. The molecule has 3 aromatic carbocycles. The predicted molar refractivity (Wildman–Crippen MR) is 109 cm³/mol. The quantitative estimate of drug-likeness (QED) is 0.379. The van der Waals surface area contributed by atoms with Gasteiger partial charge in [-0.3, -0.25) is 0 Å². The third-order valence-electron chi connectivity index (χ3n) is 3.87. The summed E-state index contributed by atoms with van der Waals surface area (Å²) in [6.45, 7) is 0. The third kappa shape index (κ3) is 4.67. The fraction of sp³-hybridized carbons (Fsp3) is 0.0500. The standard InChI is InChI=1S/C20H12Cl3F3O2S/c21-13-1-7-16(8-2-13)29(28-19(27)20(24,25)26,17-9-3-14(22)4-10-17)18-11-5-15(23)6-12-18/h1-12H. The summed E-state index contributed by atoms with van der Waals surface area (Å²) < 4.78 is 44.9. The van der Waals surface area contributed by atoms with E-state index in [4.69, 9.17) is 39.0 Å². The summed E-state index contributed by atoms with van der Waals surface area (Å²) in [4.78, 5) is 13.0. The van der Waals surface area contributed by atoms with Gasteiger partial charge in [-0.2, -0.15) is 13.2 Å². The van der Waals surface area contributed by atoms with E-state index in [1.54, 1.807) is 0 Å². The van der Waals surface area contributed by atoms with Crippen LogP contribution in [0.4, 0.5) is 13.2 Å². The average Bonchev–Trinajstić information content (AvgIpc) is 2.67. The van der Waals surface area contributed by atoms with Gasteiger partial charge < -0.3 is 4.18 Å². The minimum absolute atomic E-state index is 0.351. The van der Waals surface area contributed by atoms with Gasteiger partial charge in [0, 0.05) is 29.8 Å². The minimum Gasteiger partial charge on any atom is -0.395 e. The van der Waals surface area contributed by atoms with Gasteiger partial charge in [0.2, 0.25) is 0 Å². The van der Waals surface area contributed by atoms with Crippen LogP contribution in [0.5, 0.6) is 0 Å². The van der Waals surface area contributed by atoms with Gasteiger partial charge in [0.25, 0.3) is 0 Å². The predicted octanol–water partition coefficient (Wildman–Crippen LogP) is 7.95. The van der Waals surface area contributed by atoms with Gasteiger partial charge in [-0.05, 0) is 83.1 Å². The van der Waals surface area contributed by atoms with Crippen LogP contribution in [0.15, 0.2) is 87.5 Å². The molecular formula is C20H12Cl3F3O2S. The van der Waals surface area contributed by atoms with Crippen molar-refractivity contribution >= 4 is 51.1 Å². The second-order valence-electron chi connectivity index (χ2n) is 5.79. The van der Waals surface area contributed by atoms with Crippen molar-refractivity contribution in [1.82, 2.24) is 0 Å². The molecule has 0 saturated heterocycles. The van der Waals surface area contributed by atoms with Crippen LogP contribution in [0.25, 0.3) is 0 Å². The molecule has 0 amide bonds. The van der Waals surface area contributed by atoms with E-state index in [2.05, 4.69) is 0 Å². The zero-order valence-electron chi connectivity index (χ0n) is 14.4. The van der Waals surface area contributed by atoms with E-state index in [1.807, 2.05) is 0 Å². The van der Waals surface area contributed by atoms with Crippen LogP contribution in [-0.2, 0) is 8.98 Å². The number of hydrogen-bond donors (Lipinski definition) is 0. The fourth-order valence-electron chi connectivity index (χ4n) is 2.59. The maximum absolute atomic E-state index is 13.2. The second-order valence-corrected chi connectivity index (χ2v) is 9.79. The van der Waals surface area contributed by atoms with E-state index in [9.17, 15) is 18.0 Å². The molecular weight excluding hydrogens is 468 g/mol. The molecule has 29 heavy (non-hydrogen) atoms. The van der Waals surface area contributed by atoms with E-state index in [1.165, 1.54) is 72.8 Å². The largest absolute Gasteiger partial charge is 0.491 e. The molecule has 0 aliphatic carbocycles. The van der Waals surface area contributed by atoms with Crippen molar-refractivity contribution in [3.63, 3.8) is 0 Å². The Labute approximate surface area is 181 Å². The monoisotopic (exact) mass is 478 g/mol. The molecule has 0 atom stereocenters. The van der Waals surface area contributed by atoms with Crippen LogP contribution in [0.3, 0.4) is 0 Å². The van der Waals surface area contributed by atoms with Crippen LogP contribution in [-0.4, -0.2) is 12.1 Å². The van der Waals surface area contributed by atoms with Gasteiger partial charge in [0.05, 0.1) is 0 Å². The molecule has 152 valence electrons. The molecule has 0 heterocycles. The molecule has 0 N–H and O–H groups in total. The van der Waals surface area contributed by atoms with Gasteiger partial charge >= 0.3 is 12.1 Å². The third-order valence-corrected chi connectivity index (χ3v) is 7.83. The molecule has 0 saturated carbocycles. The van der Waals surface area contributed by atoms with E-state index >= 15 is 0 Å². The summed E-state index contributed by atoms with van der Waals surface area (Å²) in [5, 5.41) is 1.16. The van der Waals surface area contributed by atoms with E-state index in [-0.39, 0.29) is 0 Å². The number of benzene rings is 3. The summed E-state index contributed by atoms with van der Waals surface area (Å²) in [6, 6.07) is 18.3. The molecule has 3 rings (SSSR count). The van der Waals surface area contributed by atoms with Crippen molar-refractivity contribution in [3.8, 4) is 0 Å². The number of rotatable bonds is 4. The first-order valence-corrected chi connectivity index (χ1v) is 10.7. The molecule has 0 aromatic heterocycles. The number of halogens is 6. The van der Waals surface area contributed by atoms with Gasteiger partial charge in [-0.25, -0.2) is 4.79 Å². The lowest BCUT2D eigenvalue weighted by Crippen LogP contribution is -2.27. The van der Waals surface area contributed by atoms with E-state index < -0.39 is 22.5 Å². The summed E-state index contributed by atoms with van der Waals surface area (Å²) in [5.74, 6) is -2.30. The Hall–Kier alpha value is -1.86. The second kappa shape index (κ2) is 8.48. The Kier molecular flexibility index (Phi) is 6.39. The smallest absolute Gasteiger partial charge is 0.395 e. The first-order chi connectivity index (χ1) is 13.6. The van der Waals surface area contributed by atoms with Crippen LogP contribution >= 0.6 is 45.1 Å². The highest BCUT2D eigenvalue weighted by Gasteiger charge is 2.47. The highest BCUT2D eigenvalue weighted by molar-refractivity contribution is 8.30. The maximum atomic E-state index is 13.2. The number of alkyl halides is 3. The van der Waals surface area contributed by atoms with Crippen molar-refractivity contribution < 1.29 is 22.1 Å². The highest BCUT2D eigenvalue weighted by atomic mass is 35.5. The first-order valence-electron chi connectivity index (χ1n) is 8.04. The Morgan fingerprint density at radius 2 is 0.931 bits per heavy atom. The lowest BCUT2D eigenvalue weighted by molar-refractivity contribution is -0.188. The summed E-state index contributed by atoms with van der Waals surface area (Å²) in [6.07, 6.45) is -5.18. The summed E-state index contributed by atoms with van der Waals surface area (Å²) >= 11 is 17.9. The molecule has 9 heteroatoms. The lowest BCUT2D eigenvalue weighted by atomic mass is 10.3. The Balaban J connectivity index is 2.33. The molecule has 0 aliphatic heterocycles. The average molecular weight is 480 g/mol. The molecule has 0 radical (unpaired) electrons. The van der Waals surface area contributed by atoms with Crippen molar-refractivity contribution in [3.05, 3.63) is 87.9 Å². The topological polar surface area (TPSA) is 26.3 Å². The minimum atomic E-state index is -5.18. The molecule has 0 spiro atoms. The van der Waals surface area contributed by atoms with Crippen LogP contribution in [0.2, 0.25) is 15.1 Å². The van der Waals surface area contributed by atoms with Crippen molar-refractivity contribution in [2.45, 2.75) is 20.9 Å². The maximum Gasteiger partial charge on any atom is 0.491 e. The van der Waals surface area contributed by atoms with E-state index in [0.29, 0.717) is 29.8 Å². The van der Waals surface area contributed by atoms with Crippen molar-refractivity contribution in [2.75, 3.05) is 0 Å². The van der Waals surface area contributed by atoms with Crippen LogP contribution in [0, 0.1) is 0 Å². The molecule has 0 aliphatic rings. The zero-order chi connectivity index (χ0) is 21.2. The first kappa shape index (κ1) is 21.8. The Morgan fingerprint density at radius 1 is 0.655 bits per heavy atom. The van der Waals surface area contributed by atoms with Crippen molar-refractivity contribution in [1.29, 1.82) is 0 Å². The Morgan fingerprint density at radius 3 is 1.17 bits per heavy atom. The summed E-state index contributed by atoms with van der Waals surface area (Å²) in [7, 11) is -3.11. The van der Waals surface area contributed by atoms with Crippen LogP contribution < -0.4 is 0 Å². The molecule has 3 aromatic rings. The highest BCUT2D eigenvalue weighted by Crippen LogP contribution is 2.69. The van der Waals surface area contributed by atoms with Gasteiger partial charge in [-0.15, -0.1) is 0 Å². The molecule has 0 bridgehead atoms. The summed E-state index contributed by atoms with van der Waals surface area (Å²) in [5.41, 5.74) is 0. The number of carbonyl (C=O) groups is 1. The zero-order valence-corrected chi connectivity index (χ0v) is 17.5. The van der Waals surface area contributed by atoms with E-state index in [0.717, 1.165) is 0 Å². The molecule has 0 fully saturated rings. The van der Waals surface area contributed by atoms with Crippen LogP contribution in [0.1, 0.15) is 0 Å². The molecule has 2 nitrogen and oxygen atoms in total. The van der Waals surface area contributed by atoms with Gasteiger partial charge in [0.15, 0.2) is 0 Å². The van der Waals surface area contributed by atoms with Crippen molar-refractivity contribution in [2.24, 2.45) is 0 Å². The molecule has 0 unspecified atom stereocenters. The van der Waals surface area contributed by atoms with Gasteiger partial charge in [-0.1, -0.05) is 34.8 Å². The SMILES string of the molecule is O=C(OS(c1ccc(Cl)cc1)(c1ccc(Cl)cc1)c1ccc(Cl)cc1)C(F)(F)F. The number of hydrogen-bond acceptors (Lipinski definition) is 2. The number of carbonyl (C=O) groups excluding carboxylic acids is 1. The normalized spacial score (nSPS) is 12.5. The Bertz CT molecular complexity index is 894. The van der Waals surface area contributed by atoms with Gasteiger partial charge in [0.1, 0.15) is 0 Å².